The van der Waals surface area contributed by atoms with Crippen LogP contribution in [0.5, 0.6) is 0 Å². The number of benzene rings is 1. The molecule has 1 aliphatic rings. The van der Waals surface area contributed by atoms with Crippen LogP contribution in [-0.4, -0.2) is 65.1 Å². The van der Waals surface area contributed by atoms with Crippen LogP contribution in [0.1, 0.15) is 22.5 Å². The number of morpholine rings is 1. The minimum Gasteiger partial charge on any atom is -0.379 e. The smallest absolute Gasteiger partial charge is 0.270 e. The van der Waals surface area contributed by atoms with Gasteiger partial charge in [-0.2, -0.15) is 0 Å². The Morgan fingerprint density at radius 1 is 1.13 bits per heavy atom. The van der Waals surface area contributed by atoms with Crippen molar-refractivity contribution in [2.45, 2.75) is 13.0 Å². The summed E-state index contributed by atoms with van der Waals surface area (Å²) in [6.45, 7) is 5.37. The Balaban J connectivity index is 1.53. The van der Waals surface area contributed by atoms with Crippen molar-refractivity contribution in [3.05, 3.63) is 76.5 Å². The number of nitrogens with zero attached hydrogens (tertiary/aromatic N) is 3. The summed E-state index contributed by atoms with van der Waals surface area (Å²) in [6, 6.07) is 12.9. The van der Waals surface area contributed by atoms with E-state index in [1.165, 1.54) is 0 Å². The van der Waals surface area contributed by atoms with Gasteiger partial charge in [-0.05, 0) is 41.6 Å². The largest absolute Gasteiger partial charge is 0.379 e. The van der Waals surface area contributed by atoms with Gasteiger partial charge in [-0.3, -0.25) is 19.5 Å². The van der Waals surface area contributed by atoms with Gasteiger partial charge < -0.3 is 14.6 Å². The Kier molecular flexibility index (Phi) is 6.51. The first kappa shape index (κ1) is 20.3. The average Bonchev–Trinajstić information content (AvgIpc) is 2.79. The van der Waals surface area contributed by atoms with Crippen LogP contribution < -0.4 is 5.56 Å². The molecule has 0 unspecified atom stereocenters. The number of pyridine rings is 2. The van der Waals surface area contributed by atoms with Crippen LogP contribution >= 0.6 is 0 Å². The van der Waals surface area contributed by atoms with Gasteiger partial charge in [-0.15, -0.1) is 0 Å². The van der Waals surface area contributed by atoms with E-state index >= 15 is 0 Å². The van der Waals surface area contributed by atoms with Gasteiger partial charge in [0.25, 0.3) is 11.5 Å². The topological polar surface area (TPSA) is 78.5 Å². The number of carbonyl (C=O) groups is 1. The van der Waals surface area contributed by atoms with Gasteiger partial charge >= 0.3 is 0 Å². The Morgan fingerprint density at radius 2 is 1.90 bits per heavy atom. The van der Waals surface area contributed by atoms with E-state index in [0.717, 1.165) is 50.2 Å². The monoisotopic (exact) mass is 406 g/mol. The molecule has 0 aliphatic carbocycles. The van der Waals surface area contributed by atoms with E-state index in [2.05, 4.69) is 14.9 Å². The van der Waals surface area contributed by atoms with Gasteiger partial charge in [0.1, 0.15) is 5.69 Å². The molecular weight excluding hydrogens is 380 g/mol. The van der Waals surface area contributed by atoms with Crippen LogP contribution in [0.15, 0.2) is 59.7 Å². The number of hydrogen-bond donors (Lipinski definition) is 1. The molecule has 7 heteroatoms. The van der Waals surface area contributed by atoms with Crippen molar-refractivity contribution < 1.29 is 9.53 Å². The average molecular weight is 406 g/mol. The highest BCUT2D eigenvalue weighted by atomic mass is 16.5. The summed E-state index contributed by atoms with van der Waals surface area (Å²) in [4.78, 5) is 36.8. The lowest BCUT2D eigenvalue weighted by Gasteiger charge is -2.28. The molecular formula is C23H26N4O3. The van der Waals surface area contributed by atoms with Gasteiger partial charge in [0.2, 0.25) is 0 Å². The maximum Gasteiger partial charge on any atom is 0.270 e. The molecule has 0 spiro atoms. The molecule has 3 heterocycles. The number of aromatic amines is 1. The molecule has 156 valence electrons. The van der Waals surface area contributed by atoms with Gasteiger partial charge in [0.15, 0.2) is 0 Å². The lowest BCUT2D eigenvalue weighted by Crippen LogP contribution is -2.39. The van der Waals surface area contributed by atoms with Crippen LogP contribution in [0.3, 0.4) is 0 Å². The van der Waals surface area contributed by atoms with Crippen LogP contribution in [-0.2, 0) is 11.3 Å². The predicted molar refractivity (Wildman–Crippen MR) is 115 cm³/mol. The standard InChI is InChI=1S/C23H26N4O3/c28-22-20-5-2-1-4-19(20)16-21(25-22)23(29)27(17-18-6-8-24-9-7-18)11-3-10-26-12-14-30-15-13-26/h1-2,4-9,16H,3,10-15,17H2,(H,25,28). The van der Waals surface area contributed by atoms with E-state index in [1.54, 1.807) is 29.4 Å². The van der Waals surface area contributed by atoms with Crippen molar-refractivity contribution >= 4 is 16.7 Å². The summed E-state index contributed by atoms with van der Waals surface area (Å²) < 4.78 is 5.40. The van der Waals surface area contributed by atoms with E-state index in [9.17, 15) is 9.59 Å². The number of carbonyl (C=O) groups excluding carboxylic acids is 1. The zero-order valence-corrected chi connectivity index (χ0v) is 16.9. The predicted octanol–water partition coefficient (Wildman–Crippen LogP) is 2.29. The first-order valence-electron chi connectivity index (χ1n) is 10.3. The van der Waals surface area contributed by atoms with Crippen molar-refractivity contribution in [2.24, 2.45) is 0 Å². The molecule has 0 radical (unpaired) electrons. The second-order valence-electron chi connectivity index (χ2n) is 7.49. The van der Waals surface area contributed by atoms with E-state index in [-0.39, 0.29) is 11.5 Å². The molecule has 1 aliphatic heterocycles. The van der Waals surface area contributed by atoms with Crippen LogP contribution in [0.25, 0.3) is 10.8 Å². The lowest BCUT2D eigenvalue weighted by atomic mass is 10.1. The highest BCUT2D eigenvalue weighted by Crippen LogP contribution is 2.14. The summed E-state index contributed by atoms with van der Waals surface area (Å²) in [6.07, 6.45) is 4.31. The molecule has 1 amide bonds. The Labute approximate surface area is 175 Å². The Bertz CT molecular complexity index is 1050. The molecule has 0 bridgehead atoms. The van der Waals surface area contributed by atoms with E-state index < -0.39 is 0 Å². The molecule has 0 atom stereocenters. The van der Waals surface area contributed by atoms with Crippen molar-refractivity contribution in [1.29, 1.82) is 0 Å². The molecule has 1 saturated heterocycles. The third-order valence-corrected chi connectivity index (χ3v) is 5.40. The van der Waals surface area contributed by atoms with Gasteiger partial charge in [-0.25, -0.2) is 0 Å². The minimum absolute atomic E-state index is 0.170. The maximum absolute atomic E-state index is 13.3. The summed E-state index contributed by atoms with van der Waals surface area (Å²) in [5.41, 5.74) is 1.08. The fourth-order valence-corrected chi connectivity index (χ4v) is 3.77. The molecule has 1 fully saturated rings. The van der Waals surface area contributed by atoms with Crippen LogP contribution in [0, 0.1) is 0 Å². The first-order chi connectivity index (χ1) is 14.7. The molecule has 2 aromatic heterocycles. The number of aromatic nitrogens is 2. The maximum atomic E-state index is 13.3. The quantitative estimate of drug-likeness (QED) is 0.651. The third-order valence-electron chi connectivity index (χ3n) is 5.40. The van der Waals surface area contributed by atoms with Crippen LogP contribution in [0.2, 0.25) is 0 Å². The fourth-order valence-electron chi connectivity index (χ4n) is 3.77. The van der Waals surface area contributed by atoms with Gasteiger partial charge in [0, 0.05) is 50.5 Å². The summed E-state index contributed by atoms with van der Waals surface area (Å²) in [5.74, 6) is -0.170. The first-order valence-corrected chi connectivity index (χ1v) is 10.3. The summed E-state index contributed by atoms with van der Waals surface area (Å²) in [7, 11) is 0. The van der Waals surface area contributed by atoms with Crippen molar-refractivity contribution in [2.75, 3.05) is 39.4 Å². The Morgan fingerprint density at radius 3 is 2.70 bits per heavy atom. The zero-order chi connectivity index (χ0) is 20.8. The molecule has 0 saturated carbocycles. The summed E-state index contributed by atoms with van der Waals surface area (Å²) >= 11 is 0. The molecule has 7 nitrogen and oxygen atoms in total. The van der Waals surface area contributed by atoms with E-state index in [0.29, 0.717) is 24.2 Å². The second-order valence-corrected chi connectivity index (χ2v) is 7.49. The molecule has 4 rings (SSSR count). The number of nitrogens with one attached hydrogen (secondary N) is 1. The zero-order valence-electron chi connectivity index (χ0n) is 16.9. The molecule has 30 heavy (non-hydrogen) atoms. The van der Waals surface area contributed by atoms with E-state index in [1.807, 2.05) is 30.3 Å². The van der Waals surface area contributed by atoms with Crippen molar-refractivity contribution in [3.8, 4) is 0 Å². The third kappa shape index (κ3) is 4.93. The highest BCUT2D eigenvalue weighted by molar-refractivity contribution is 5.96. The van der Waals surface area contributed by atoms with Crippen molar-refractivity contribution in [3.63, 3.8) is 0 Å². The number of H-pyrrole nitrogens is 1. The number of fused-ring (bicyclic) bond motifs is 1. The highest BCUT2D eigenvalue weighted by Gasteiger charge is 2.19. The Hall–Kier alpha value is -3.03. The van der Waals surface area contributed by atoms with Crippen molar-refractivity contribution in [1.82, 2.24) is 19.8 Å². The minimum atomic E-state index is -0.242. The summed E-state index contributed by atoms with van der Waals surface area (Å²) in [5, 5.41) is 1.35. The SMILES string of the molecule is O=C(c1cc2ccccc2c(=O)[nH]1)N(CCCN1CCOCC1)Cc1ccncc1. The van der Waals surface area contributed by atoms with Crippen LogP contribution in [0.4, 0.5) is 0 Å². The molecule has 3 aromatic rings. The second kappa shape index (κ2) is 9.65. The molecule has 1 N–H and O–H groups in total. The van der Waals surface area contributed by atoms with Gasteiger partial charge in [-0.1, -0.05) is 18.2 Å². The number of hydrogen-bond acceptors (Lipinski definition) is 5. The fraction of sp³-hybridized carbons (Fsp3) is 0.348. The normalized spacial score (nSPS) is 14.7. The number of ether oxygens (including phenoxy) is 1. The van der Waals surface area contributed by atoms with Gasteiger partial charge in [0.05, 0.1) is 13.2 Å². The number of amides is 1. The molecule has 1 aromatic carbocycles. The number of rotatable bonds is 7. The van der Waals surface area contributed by atoms with E-state index in [4.69, 9.17) is 4.74 Å². The lowest BCUT2D eigenvalue weighted by molar-refractivity contribution is 0.0355.